The quantitative estimate of drug-likeness (QED) is 0.791. The Kier molecular flexibility index (Phi) is 3.99. The molecule has 0 unspecified atom stereocenters. The molecule has 0 bridgehead atoms. The number of nitrogens with one attached hydrogen (secondary N) is 1. The van der Waals surface area contributed by atoms with Crippen LogP contribution in [0.25, 0.3) is 0 Å². The van der Waals surface area contributed by atoms with Gasteiger partial charge in [0, 0.05) is 6.20 Å². The van der Waals surface area contributed by atoms with Gasteiger partial charge in [-0.25, -0.2) is 0 Å². The van der Waals surface area contributed by atoms with Crippen LogP contribution >= 0.6 is 0 Å². The van der Waals surface area contributed by atoms with Crippen molar-refractivity contribution in [3.8, 4) is 0 Å². The molecule has 1 amide bonds. The monoisotopic (exact) mass is 222 g/mol. The van der Waals surface area contributed by atoms with E-state index in [0.29, 0.717) is 0 Å². The molecule has 1 aromatic heterocycles. The number of nitrogens with zero attached hydrogens (tertiary/aromatic N) is 1. The van der Waals surface area contributed by atoms with Crippen molar-refractivity contribution < 1.29 is 14.7 Å². The first-order valence-electron chi connectivity index (χ1n) is 5.03. The molecular weight excluding hydrogens is 208 g/mol. The molecule has 0 radical (unpaired) electrons. The van der Waals surface area contributed by atoms with Crippen molar-refractivity contribution in [2.24, 2.45) is 0 Å². The third kappa shape index (κ3) is 3.05. The van der Waals surface area contributed by atoms with Gasteiger partial charge in [-0.1, -0.05) is 6.92 Å². The Morgan fingerprint density at radius 3 is 2.81 bits per heavy atom. The summed E-state index contributed by atoms with van der Waals surface area (Å²) in [6, 6.07) is 2.56. The van der Waals surface area contributed by atoms with Crippen LogP contribution in [0.2, 0.25) is 0 Å². The molecule has 0 aromatic carbocycles. The van der Waals surface area contributed by atoms with Gasteiger partial charge in [-0.3, -0.25) is 14.6 Å². The molecule has 1 atom stereocenters. The van der Waals surface area contributed by atoms with E-state index in [0.717, 1.165) is 12.0 Å². The molecule has 0 fully saturated rings. The summed E-state index contributed by atoms with van der Waals surface area (Å²) < 4.78 is 0. The van der Waals surface area contributed by atoms with Gasteiger partial charge >= 0.3 is 5.97 Å². The van der Waals surface area contributed by atoms with Crippen LogP contribution in [0.3, 0.4) is 0 Å². The van der Waals surface area contributed by atoms with Crippen molar-refractivity contribution in [3.63, 3.8) is 0 Å². The predicted octanol–water partition coefficient (Wildman–Crippen LogP) is 0.847. The second-order valence-electron chi connectivity index (χ2n) is 3.44. The number of aryl methyl sites for hydroxylation is 1. The molecule has 0 aliphatic carbocycles. The number of carboxylic acid groups (broad SMARTS) is 1. The highest BCUT2D eigenvalue weighted by Crippen LogP contribution is 2.02. The van der Waals surface area contributed by atoms with E-state index in [9.17, 15) is 9.59 Å². The number of hydrogen-bond donors (Lipinski definition) is 2. The second kappa shape index (κ2) is 5.25. The minimum absolute atomic E-state index is 0.243. The highest BCUT2D eigenvalue weighted by molar-refractivity contribution is 5.94. The van der Waals surface area contributed by atoms with Crippen LogP contribution in [0.4, 0.5) is 0 Å². The highest BCUT2D eigenvalue weighted by atomic mass is 16.4. The van der Waals surface area contributed by atoms with Crippen LogP contribution in [-0.4, -0.2) is 28.0 Å². The summed E-state index contributed by atoms with van der Waals surface area (Å²) in [5, 5.41) is 11.0. The zero-order chi connectivity index (χ0) is 12.1. The van der Waals surface area contributed by atoms with E-state index in [2.05, 4.69) is 10.3 Å². The van der Waals surface area contributed by atoms with Crippen LogP contribution in [-0.2, 0) is 11.2 Å². The molecular formula is C11H14N2O3. The van der Waals surface area contributed by atoms with E-state index in [1.807, 2.05) is 13.0 Å². The molecule has 1 aromatic rings. The number of carbonyl (C=O) groups is 2. The number of rotatable bonds is 4. The standard InChI is InChI=1S/C11H14N2O3/c1-3-8-4-5-12-9(6-8)10(14)13-7(2)11(15)16/h4-7H,3H2,1-2H3,(H,13,14)(H,15,16)/t7-/m0/s1. The van der Waals surface area contributed by atoms with Gasteiger partial charge in [0.15, 0.2) is 0 Å². The molecule has 16 heavy (non-hydrogen) atoms. The third-order valence-corrected chi connectivity index (χ3v) is 2.18. The first-order chi connectivity index (χ1) is 7.54. The molecule has 1 heterocycles. The van der Waals surface area contributed by atoms with E-state index < -0.39 is 17.9 Å². The summed E-state index contributed by atoms with van der Waals surface area (Å²) in [6.45, 7) is 3.38. The van der Waals surface area contributed by atoms with E-state index in [1.165, 1.54) is 6.92 Å². The van der Waals surface area contributed by atoms with E-state index in [1.54, 1.807) is 12.3 Å². The number of amides is 1. The number of carbonyl (C=O) groups excluding carboxylic acids is 1. The number of carboxylic acids is 1. The predicted molar refractivity (Wildman–Crippen MR) is 58.2 cm³/mol. The molecule has 1 rings (SSSR count). The first-order valence-corrected chi connectivity index (χ1v) is 5.03. The third-order valence-electron chi connectivity index (χ3n) is 2.18. The molecule has 0 spiro atoms. The van der Waals surface area contributed by atoms with Crippen LogP contribution in [0.15, 0.2) is 18.3 Å². The topological polar surface area (TPSA) is 79.3 Å². The summed E-state index contributed by atoms with van der Waals surface area (Å²) in [5.74, 6) is -1.54. The van der Waals surface area contributed by atoms with Crippen molar-refractivity contribution in [1.29, 1.82) is 0 Å². The number of pyridine rings is 1. The van der Waals surface area contributed by atoms with E-state index in [-0.39, 0.29) is 5.69 Å². The zero-order valence-electron chi connectivity index (χ0n) is 9.23. The maximum atomic E-state index is 11.6. The maximum absolute atomic E-state index is 11.6. The average Bonchev–Trinajstić information content (AvgIpc) is 2.28. The Morgan fingerprint density at radius 2 is 2.25 bits per heavy atom. The zero-order valence-corrected chi connectivity index (χ0v) is 9.23. The van der Waals surface area contributed by atoms with E-state index >= 15 is 0 Å². The van der Waals surface area contributed by atoms with Crippen molar-refractivity contribution in [2.75, 3.05) is 0 Å². The molecule has 0 saturated carbocycles. The Balaban J connectivity index is 2.76. The molecule has 5 heteroatoms. The molecule has 5 nitrogen and oxygen atoms in total. The fourth-order valence-electron chi connectivity index (χ4n) is 1.15. The van der Waals surface area contributed by atoms with E-state index in [4.69, 9.17) is 5.11 Å². The summed E-state index contributed by atoms with van der Waals surface area (Å²) >= 11 is 0. The number of aliphatic carboxylic acids is 1. The molecule has 2 N–H and O–H groups in total. The van der Waals surface area contributed by atoms with Crippen LogP contribution in [0, 0.1) is 0 Å². The van der Waals surface area contributed by atoms with Gasteiger partial charge in [-0.05, 0) is 31.0 Å². The summed E-state index contributed by atoms with van der Waals surface area (Å²) in [7, 11) is 0. The Hall–Kier alpha value is -1.91. The highest BCUT2D eigenvalue weighted by Gasteiger charge is 2.15. The maximum Gasteiger partial charge on any atom is 0.325 e. The lowest BCUT2D eigenvalue weighted by Gasteiger charge is -2.08. The Bertz CT molecular complexity index is 404. The SMILES string of the molecule is CCc1ccnc(C(=O)N[C@@H](C)C(=O)O)c1. The molecule has 86 valence electrons. The van der Waals surface area contributed by atoms with Gasteiger partial charge in [0.1, 0.15) is 11.7 Å². The lowest BCUT2D eigenvalue weighted by atomic mass is 10.2. The van der Waals surface area contributed by atoms with Gasteiger partial charge < -0.3 is 10.4 Å². The molecule has 0 aliphatic rings. The minimum Gasteiger partial charge on any atom is -0.480 e. The van der Waals surface area contributed by atoms with Crippen LogP contribution in [0.1, 0.15) is 29.9 Å². The second-order valence-corrected chi connectivity index (χ2v) is 3.44. The van der Waals surface area contributed by atoms with Gasteiger partial charge in [0.25, 0.3) is 5.91 Å². The van der Waals surface area contributed by atoms with Crippen molar-refractivity contribution in [2.45, 2.75) is 26.3 Å². The molecule has 0 saturated heterocycles. The van der Waals surface area contributed by atoms with Gasteiger partial charge in [0.05, 0.1) is 0 Å². The fraction of sp³-hybridized carbons (Fsp3) is 0.364. The van der Waals surface area contributed by atoms with Gasteiger partial charge in [-0.2, -0.15) is 0 Å². The van der Waals surface area contributed by atoms with Gasteiger partial charge in [0.2, 0.25) is 0 Å². The smallest absolute Gasteiger partial charge is 0.325 e. The van der Waals surface area contributed by atoms with Crippen molar-refractivity contribution >= 4 is 11.9 Å². The lowest BCUT2D eigenvalue weighted by Crippen LogP contribution is -2.38. The molecule has 0 aliphatic heterocycles. The summed E-state index contributed by atoms with van der Waals surface area (Å²) in [5.41, 5.74) is 1.23. The summed E-state index contributed by atoms with van der Waals surface area (Å²) in [4.78, 5) is 26.0. The minimum atomic E-state index is -1.07. The fourth-order valence-corrected chi connectivity index (χ4v) is 1.15. The van der Waals surface area contributed by atoms with Crippen LogP contribution in [0.5, 0.6) is 0 Å². The summed E-state index contributed by atoms with van der Waals surface area (Å²) in [6.07, 6.45) is 2.34. The van der Waals surface area contributed by atoms with Gasteiger partial charge in [-0.15, -0.1) is 0 Å². The Morgan fingerprint density at radius 1 is 1.56 bits per heavy atom. The number of aromatic nitrogens is 1. The lowest BCUT2D eigenvalue weighted by molar-refractivity contribution is -0.138. The first kappa shape index (κ1) is 12.2. The largest absolute Gasteiger partial charge is 0.480 e. The number of hydrogen-bond acceptors (Lipinski definition) is 3. The Labute approximate surface area is 93.5 Å². The normalized spacial score (nSPS) is 11.9. The average molecular weight is 222 g/mol. The van der Waals surface area contributed by atoms with Crippen molar-refractivity contribution in [1.82, 2.24) is 10.3 Å². The van der Waals surface area contributed by atoms with Crippen LogP contribution < -0.4 is 5.32 Å². The van der Waals surface area contributed by atoms with Crippen molar-refractivity contribution in [3.05, 3.63) is 29.6 Å².